The van der Waals surface area contributed by atoms with E-state index >= 15 is 0 Å². The number of nitrogens with zero attached hydrogens (tertiary/aromatic N) is 2. The molecule has 0 spiro atoms. The summed E-state index contributed by atoms with van der Waals surface area (Å²) in [5.74, 6) is 0.658. The Kier molecular flexibility index (Phi) is 4.74. The number of carbonyl (C=O) groups is 1. The van der Waals surface area contributed by atoms with E-state index in [0.717, 1.165) is 25.9 Å². The summed E-state index contributed by atoms with van der Waals surface area (Å²) in [6.45, 7) is 5.93. The molecule has 0 aromatic heterocycles. The third-order valence-corrected chi connectivity index (χ3v) is 3.46. The Morgan fingerprint density at radius 3 is 2.56 bits per heavy atom. The topological polar surface area (TPSA) is 49.6 Å². The van der Waals surface area contributed by atoms with Crippen LogP contribution >= 0.6 is 0 Å². The average Bonchev–Trinajstić information content (AvgIpc) is 2.59. The van der Waals surface area contributed by atoms with E-state index in [1.54, 1.807) is 0 Å². The largest absolute Gasteiger partial charge is 0.339 e. The lowest BCUT2D eigenvalue weighted by Gasteiger charge is -2.23. The fourth-order valence-electron chi connectivity index (χ4n) is 2.47. The number of likely N-dealkylation sites (tertiary alicyclic amines) is 1. The van der Waals surface area contributed by atoms with E-state index in [1.807, 2.05) is 4.90 Å². The van der Waals surface area contributed by atoms with Crippen molar-refractivity contribution in [1.82, 2.24) is 9.80 Å². The van der Waals surface area contributed by atoms with Crippen molar-refractivity contribution in [3.63, 3.8) is 0 Å². The van der Waals surface area contributed by atoms with Gasteiger partial charge in [-0.05, 0) is 26.4 Å². The van der Waals surface area contributed by atoms with Gasteiger partial charge in [0, 0.05) is 19.1 Å². The molecule has 16 heavy (non-hydrogen) atoms. The summed E-state index contributed by atoms with van der Waals surface area (Å²) in [7, 11) is 4.14. The van der Waals surface area contributed by atoms with Gasteiger partial charge in [-0.3, -0.25) is 4.79 Å². The van der Waals surface area contributed by atoms with Gasteiger partial charge in [0.2, 0.25) is 5.91 Å². The monoisotopic (exact) mass is 227 g/mol. The van der Waals surface area contributed by atoms with E-state index in [4.69, 9.17) is 5.73 Å². The van der Waals surface area contributed by atoms with Gasteiger partial charge >= 0.3 is 0 Å². The van der Waals surface area contributed by atoms with Crippen molar-refractivity contribution in [2.45, 2.75) is 38.8 Å². The van der Waals surface area contributed by atoms with Crippen LogP contribution in [0.4, 0.5) is 0 Å². The molecule has 0 radical (unpaired) electrons. The molecule has 94 valence electrons. The average molecular weight is 227 g/mol. The normalized spacial score (nSPS) is 27.5. The maximum absolute atomic E-state index is 12.0. The Labute approximate surface area is 98.8 Å². The third kappa shape index (κ3) is 2.95. The highest BCUT2D eigenvalue weighted by molar-refractivity contribution is 5.82. The summed E-state index contributed by atoms with van der Waals surface area (Å²) >= 11 is 0. The molecule has 0 bridgehead atoms. The van der Waals surface area contributed by atoms with Crippen molar-refractivity contribution >= 4 is 5.91 Å². The van der Waals surface area contributed by atoms with Crippen LogP contribution in [0.1, 0.15) is 26.7 Å². The molecule has 0 aromatic carbocycles. The van der Waals surface area contributed by atoms with Crippen LogP contribution in [-0.2, 0) is 4.79 Å². The number of amides is 1. The Bertz CT molecular complexity index is 242. The zero-order chi connectivity index (χ0) is 12.3. The molecular formula is C12H25N3O. The molecule has 1 rings (SSSR count). The second kappa shape index (κ2) is 5.64. The summed E-state index contributed by atoms with van der Waals surface area (Å²) in [6.07, 6.45) is 1.75. The smallest absolute Gasteiger partial charge is 0.239 e. The van der Waals surface area contributed by atoms with Gasteiger partial charge in [0.05, 0.1) is 6.04 Å². The van der Waals surface area contributed by atoms with Gasteiger partial charge in [-0.15, -0.1) is 0 Å². The molecule has 1 aliphatic heterocycles. The molecule has 1 fully saturated rings. The van der Waals surface area contributed by atoms with Crippen molar-refractivity contribution in [2.24, 2.45) is 11.7 Å². The summed E-state index contributed by atoms with van der Waals surface area (Å²) in [5.41, 5.74) is 5.87. The number of hydrogen-bond donors (Lipinski definition) is 1. The molecule has 0 saturated carbocycles. The Morgan fingerprint density at radius 2 is 2.12 bits per heavy atom. The minimum atomic E-state index is -0.307. The van der Waals surface area contributed by atoms with E-state index in [2.05, 4.69) is 32.8 Å². The van der Waals surface area contributed by atoms with Gasteiger partial charge in [-0.1, -0.05) is 20.3 Å². The molecule has 2 N–H and O–H groups in total. The highest BCUT2D eigenvalue weighted by atomic mass is 16.2. The first-order valence-corrected chi connectivity index (χ1v) is 6.18. The van der Waals surface area contributed by atoms with Gasteiger partial charge in [0.25, 0.3) is 0 Å². The lowest BCUT2D eigenvalue weighted by molar-refractivity contribution is -0.131. The zero-order valence-electron chi connectivity index (χ0n) is 10.9. The molecule has 1 aliphatic rings. The Balaban J connectivity index is 2.54. The highest BCUT2D eigenvalue weighted by Gasteiger charge is 2.34. The van der Waals surface area contributed by atoms with Crippen molar-refractivity contribution in [1.29, 1.82) is 0 Å². The molecule has 3 atom stereocenters. The van der Waals surface area contributed by atoms with Gasteiger partial charge in [0.15, 0.2) is 0 Å². The van der Waals surface area contributed by atoms with Crippen LogP contribution in [0.5, 0.6) is 0 Å². The molecule has 1 amide bonds. The van der Waals surface area contributed by atoms with Crippen LogP contribution in [0.25, 0.3) is 0 Å². The summed E-state index contributed by atoms with van der Waals surface area (Å²) < 4.78 is 0. The molecular weight excluding hydrogens is 202 g/mol. The summed E-state index contributed by atoms with van der Waals surface area (Å²) in [5, 5.41) is 0. The summed E-state index contributed by atoms with van der Waals surface area (Å²) in [4.78, 5) is 16.2. The number of hydrogen-bond acceptors (Lipinski definition) is 3. The van der Waals surface area contributed by atoms with Crippen LogP contribution in [0.15, 0.2) is 0 Å². The second-order valence-corrected chi connectivity index (χ2v) is 5.15. The number of carbonyl (C=O) groups excluding carboxylic acids is 1. The van der Waals surface area contributed by atoms with Crippen molar-refractivity contribution in [3.05, 3.63) is 0 Å². The third-order valence-electron chi connectivity index (χ3n) is 3.46. The van der Waals surface area contributed by atoms with E-state index in [0.29, 0.717) is 12.0 Å². The molecule has 2 unspecified atom stereocenters. The number of likely N-dealkylation sites (N-methyl/N-ethyl adjacent to an activating group) is 1. The fraction of sp³-hybridized carbons (Fsp3) is 0.917. The number of nitrogens with two attached hydrogens (primary N) is 1. The van der Waals surface area contributed by atoms with Crippen LogP contribution in [0.3, 0.4) is 0 Å². The first-order chi connectivity index (χ1) is 7.47. The molecule has 0 aliphatic carbocycles. The maximum Gasteiger partial charge on any atom is 0.239 e. The van der Waals surface area contributed by atoms with E-state index in [9.17, 15) is 4.79 Å². The second-order valence-electron chi connectivity index (χ2n) is 5.15. The minimum Gasteiger partial charge on any atom is -0.339 e. The van der Waals surface area contributed by atoms with Gasteiger partial charge in [-0.2, -0.15) is 0 Å². The van der Waals surface area contributed by atoms with Gasteiger partial charge in [-0.25, -0.2) is 0 Å². The molecule has 0 aromatic rings. The zero-order valence-corrected chi connectivity index (χ0v) is 10.9. The van der Waals surface area contributed by atoms with Crippen LogP contribution < -0.4 is 5.73 Å². The fourth-order valence-corrected chi connectivity index (χ4v) is 2.47. The first-order valence-electron chi connectivity index (χ1n) is 6.18. The van der Waals surface area contributed by atoms with E-state index in [1.165, 1.54) is 0 Å². The first kappa shape index (κ1) is 13.5. The van der Waals surface area contributed by atoms with E-state index in [-0.39, 0.29) is 11.9 Å². The van der Waals surface area contributed by atoms with Gasteiger partial charge in [0.1, 0.15) is 0 Å². The molecule has 4 nitrogen and oxygen atoms in total. The van der Waals surface area contributed by atoms with Crippen LogP contribution in [-0.4, -0.2) is 55.0 Å². The van der Waals surface area contributed by atoms with Crippen LogP contribution in [0, 0.1) is 5.92 Å². The van der Waals surface area contributed by atoms with Gasteiger partial charge < -0.3 is 15.5 Å². The van der Waals surface area contributed by atoms with Crippen LogP contribution in [0.2, 0.25) is 0 Å². The minimum absolute atomic E-state index is 0.123. The maximum atomic E-state index is 12.0. The number of rotatable bonds is 4. The van der Waals surface area contributed by atoms with Crippen molar-refractivity contribution in [3.8, 4) is 0 Å². The standard InChI is InChI=1S/C12H25N3O/c1-5-6-10(13)12(16)15-7-9(2)11(8-15)14(3)4/h9-11H,5-8,13H2,1-4H3/t9?,10-,11?/m1/s1. The Morgan fingerprint density at radius 1 is 1.50 bits per heavy atom. The van der Waals surface area contributed by atoms with Crippen molar-refractivity contribution < 1.29 is 4.79 Å². The summed E-state index contributed by atoms with van der Waals surface area (Å²) in [6, 6.07) is 0.163. The highest BCUT2D eigenvalue weighted by Crippen LogP contribution is 2.20. The molecule has 1 heterocycles. The molecule has 1 saturated heterocycles. The predicted molar refractivity (Wildman–Crippen MR) is 66.1 cm³/mol. The van der Waals surface area contributed by atoms with E-state index < -0.39 is 0 Å². The lowest BCUT2D eigenvalue weighted by atomic mass is 10.1. The Hall–Kier alpha value is -0.610. The lowest BCUT2D eigenvalue weighted by Crippen LogP contribution is -2.43. The molecule has 4 heteroatoms. The quantitative estimate of drug-likeness (QED) is 0.762. The van der Waals surface area contributed by atoms with Crippen molar-refractivity contribution in [2.75, 3.05) is 27.2 Å². The predicted octanol–water partition coefficient (Wildman–Crippen LogP) is 0.522. The SMILES string of the molecule is CCC[C@@H](N)C(=O)N1CC(C)C(N(C)C)C1.